The van der Waals surface area contributed by atoms with Crippen LogP contribution in [0.3, 0.4) is 0 Å². The average molecular weight is 384 g/mol. The van der Waals surface area contributed by atoms with Crippen LogP contribution in [-0.4, -0.2) is 38.0 Å². The van der Waals surface area contributed by atoms with E-state index in [2.05, 4.69) is 64.1 Å². The Hall–Kier alpha value is -2.94. The van der Waals surface area contributed by atoms with Crippen LogP contribution in [0.4, 0.5) is 17.3 Å². The number of aromatic nitrogens is 3. The van der Waals surface area contributed by atoms with Crippen LogP contribution in [-0.2, 0) is 0 Å². The number of piperidine rings is 1. The molecule has 0 aliphatic carbocycles. The van der Waals surface area contributed by atoms with Crippen LogP contribution >= 0.6 is 0 Å². The molecule has 1 saturated heterocycles. The molecular formula is C19H28N8O. The molecule has 0 saturated carbocycles. The number of anilines is 3. The molecule has 2 aromatic rings. The number of nitrogens with two attached hydrogens (primary N) is 1. The fourth-order valence-electron chi connectivity index (χ4n) is 3.91. The topological polar surface area (TPSA) is 130 Å². The van der Waals surface area contributed by atoms with E-state index in [0.29, 0.717) is 22.9 Å². The minimum atomic E-state index is -0.331. The molecule has 3 rings (SSSR count). The predicted molar refractivity (Wildman–Crippen MR) is 110 cm³/mol. The molecule has 0 atom stereocenters. The lowest BCUT2D eigenvalue weighted by atomic mass is 9.79. The maximum atomic E-state index is 12.2. The van der Waals surface area contributed by atoms with Crippen LogP contribution in [0.1, 0.15) is 50.9 Å². The van der Waals surface area contributed by atoms with Crippen molar-refractivity contribution < 1.29 is 4.79 Å². The van der Waals surface area contributed by atoms with E-state index in [4.69, 9.17) is 5.73 Å². The highest BCUT2D eigenvalue weighted by atomic mass is 16.2. The molecule has 1 amide bonds. The Bertz CT molecular complexity index is 821. The van der Waals surface area contributed by atoms with Gasteiger partial charge < -0.3 is 16.4 Å². The minimum absolute atomic E-state index is 0.0000171. The van der Waals surface area contributed by atoms with Crippen molar-refractivity contribution in [3.8, 4) is 0 Å². The van der Waals surface area contributed by atoms with Crippen molar-refractivity contribution in [2.24, 2.45) is 0 Å². The summed E-state index contributed by atoms with van der Waals surface area (Å²) < 4.78 is 0. The molecule has 1 aliphatic rings. The number of carbonyl (C=O) groups is 1. The number of hydrogen-bond acceptors (Lipinski definition) is 8. The molecule has 150 valence electrons. The van der Waals surface area contributed by atoms with E-state index >= 15 is 0 Å². The van der Waals surface area contributed by atoms with E-state index in [1.54, 1.807) is 18.3 Å². The lowest BCUT2D eigenvalue weighted by Crippen LogP contribution is -2.60. The van der Waals surface area contributed by atoms with Gasteiger partial charge in [-0.15, -0.1) is 0 Å². The van der Waals surface area contributed by atoms with Crippen LogP contribution < -0.4 is 27.2 Å². The quantitative estimate of drug-likeness (QED) is 0.495. The summed E-state index contributed by atoms with van der Waals surface area (Å²) in [5.74, 6) is 0.552. The van der Waals surface area contributed by atoms with Gasteiger partial charge in [-0.2, -0.15) is 0 Å². The average Bonchev–Trinajstić information content (AvgIpc) is 2.60. The van der Waals surface area contributed by atoms with E-state index in [1.807, 2.05) is 0 Å². The minimum Gasteiger partial charge on any atom is -0.393 e. The van der Waals surface area contributed by atoms with Crippen molar-refractivity contribution in [3.05, 3.63) is 36.4 Å². The Kier molecular flexibility index (Phi) is 5.37. The summed E-state index contributed by atoms with van der Waals surface area (Å²) >= 11 is 0. The first kappa shape index (κ1) is 19.8. The fourth-order valence-corrected chi connectivity index (χ4v) is 3.91. The number of rotatable bonds is 5. The molecular weight excluding hydrogens is 356 g/mol. The highest BCUT2D eigenvalue weighted by Gasteiger charge is 2.37. The number of carbonyl (C=O) groups excluding carboxylic acids is 1. The summed E-state index contributed by atoms with van der Waals surface area (Å²) in [4.78, 5) is 24.5. The Morgan fingerprint density at radius 3 is 2.50 bits per heavy atom. The molecule has 0 unspecified atom stereocenters. The van der Waals surface area contributed by atoms with Gasteiger partial charge >= 0.3 is 0 Å². The SMILES string of the molecule is CC1(C)CC(Nc2ncnc(NNC(=O)c3cccnc3)c2N)CC(C)(C)N1. The summed E-state index contributed by atoms with van der Waals surface area (Å²) in [5, 5.41) is 7.09. The molecule has 3 heterocycles. The molecule has 28 heavy (non-hydrogen) atoms. The van der Waals surface area contributed by atoms with Gasteiger partial charge in [0.25, 0.3) is 5.91 Å². The van der Waals surface area contributed by atoms with Crippen LogP contribution in [0.5, 0.6) is 0 Å². The van der Waals surface area contributed by atoms with Crippen molar-refractivity contribution in [2.45, 2.75) is 57.7 Å². The Morgan fingerprint density at radius 1 is 1.18 bits per heavy atom. The number of nitrogen functional groups attached to an aromatic ring is 1. The van der Waals surface area contributed by atoms with Gasteiger partial charge in [0.2, 0.25) is 0 Å². The third-order valence-electron chi connectivity index (χ3n) is 4.63. The summed E-state index contributed by atoms with van der Waals surface area (Å²) in [6.45, 7) is 8.75. The second kappa shape index (κ2) is 7.59. The lowest BCUT2D eigenvalue weighted by molar-refractivity contribution is 0.0962. The summed E-state index contributed by atoms with van der Waals surface area (Å²) in [6.07, 6.45) is 6.36. The first-order valence-electron chi connectivity index (χ1n) is 9.28. The second-order valence-corrected chi connectivity index (χ2v) is 8.45. The maximum absolute atomic E-state index is 12.2. The Labute approximate surface area is 164 Å². The molecule has 0 spiro atoms. The lowest BCUT2D eigenvalue weighted by Gasteiger charge is -2.46. The third-order valence-corrected chi connectivity index (χ3v) is 4.63. The smallest absolute Gasteiger partial charge is 0.271 e. The number of amides is 1. The largest absolute Gasteiger partial charge is 0.393 e. The van der Waals surface area contributed by atoms with Crippen molar-refractivity contribution in [1.29, 1.82) is 0 Å². The molecule has 9 heteroatoms. The summed E-state index contributed by atoms with van der Waals surface area (Å²) in [6, 6.07) is 3.57. The van der Waals surface area contributed by atoms with Crippen LogP contribution in [0.25, 0.3) is 0 Å². The number of hydrazine groups is 1. The number of hydrogen-bond donors (Lipinski definition) is 5. The standard InChI is InChI=1S/C19H28N8O/c1-18(2)8-13(9-19(3,4)27-18)24-15-14(20)16(23-11-22-15)25-26-17(28)12-6-5-7-21-10-12/h5-7,10-11,13,27H,8-9,20H2,1-4H3,(H,26,28)(H2,22,23,24,25). The van der Waals surface area contributed by atoms with Crippen LogP contribution in [0.15, 0.2) is 30.9 Å². The second-order valence-electron chi connectivity index (χ2n) is 8.45. The molecule has 1 aliphatic heterocycles. The molecule has 9 nitrogen and oxygen atoms in total. The normalized spacial score (nSPS) is 18.3. The summed E-state index contributed by atoms with van der Waals surface area (Å²) in [5.41, 5.74) is 12.4. The predicted octanol–water partition coefficient (Wildman–Crippen LogP) is 1.93. The van der Waals surface area contributed by atoms with E-state index in [1.165, 1.54) is 12.5 Å². The van der Waals surface area contributed by atoms with Crippen molar-refractivity contribution in [3.63, 3.8) is 0 Å². The zero-order valence-corrected chi connectivity index (χ0v) is 16.7. The fraction of sp³-hybridized carbons (Fsp3) is 0.474. The van der Waals surface area contributed by atoms with E-state index in [9.17, 15) is 4.79 Å². The highest BCUT2D eigenvalue weighted by molar-refractivity contribution is 5.94. The van der Waals surface area contributed by atoms with Crippen molar-refractivity contribution in [1.82, 2.24) is 25.7 Å². The van der Waals surface area contributed by atoms with Crippen molar-refractivity contribution >= 4 is 23.2 Å². The first-order chi connectivity index (χ1) is 13.2. The Morgan fingerprint density at radius 2 is 1.86 bits per heavy atom. The molecule has 6 N–H and O–H groups in total. The highest BCUT2D eigenvalue weighted by Crippen LogP contribution is 2.32. The van der Waals surface area contributed by atoms with E-state index < -0.39 is 0 Å². The van der Waals surface area contributed by atoms with Crippen LogP contribution in [0.2, 0.25) is 0 Å². The number of nitrogens with one attached hydrogen (secondary N) is 4. The molecule has 0 aromatic carbocycles. The summed E-state index contributed by atoms with van der Waals surface area (Å²) in [7, 11) is 0. The van der Waals surface area contributed by atoms with Gasteiger partial charge in [-0.05, 0) is 52.7 Å². The molecule has 1 fully saturated rings. The maximum Gasteiger partial charge on any atom is 0.271 e. The van der Waals surface area contributed by atoms with Gasteiger partial charge in [0.05, 0.1) is 5.56 Å². The zero-order chi connectivity index (χ0) is 20.4. The number of nitrogens with zero attached hydrogens (tertiary/aromatic N) is 3. The van der Waals surface area contributed by atoms with E-state index in [0.717, 1.165) is 12.8 Å². The Balaban J connectivity index is 1.68. The van der Waals surface area contributed by atoms with Gasteiger partial charge in [-0.3, -0.25) is 20.6 Å². The molecule has 2 aromatic heterocycles. The number of pyridine rings is 1. The monoisotopic (exact) mass is 384 g/mol. The molecule has 0 radical (unpaired) electrons. The van der Waals surface area contributed by atoms with Gasteiger partial charge in [0.1, 0.15) is 12.0 Å². The van der Waals surface area contributed by atoms with Gasteiger partial charge in [0, 0.05) is 29.5 Å². The van der Waals surface area contributed by atoms with E-state index in [-0.39, 0.29) is 23.0 Å². The van der Waals surface area contributed by atoms with Gasteiger partial charge in [-0.25, -0.2) is 9.97 Å². The van der Waals surface area contributed by atoms with Gasteiger partial charge in [0.15, 0.2) is 11.6 Å². The third kappa shape index (κ3) is 4.86. The first-order valence-corrected chi connectivity index (χ1v) is 9.28. The van der Waals surface area contributed by atoms with Crippen LogP contribution in [0, 0.1) is 0 Å². The van der Waals surface area contributed by atoms with Gasteiger partial charge in [-0.1, -0.05) is 0 Å². The zero-order valence-electron chi connectivity index (χ0n) is 16.7. The molecule has 0 bridgehead atoms. The van der Waals surface area contributed by atoms with Crippen molar-refractivity contribution in [2.75, 3.05) is 16.5 Å².